The Morgan fingerprint density at radius 2 is 1.96 bits per heavy atom. The number of amides is 1. The number of rotatable bonds is 7. The molecule has 0 radical (unpaired) electrons. The molecule has 0 unspecified atom stereocenters. The number of aromatic nitrogens is 1. The first-order valence-corrected chi connectivity index (χ1v) is 10.8. The highest BCUT2D eigenvalue weighted by Gasteiger charge is 2.20. The van der Waals surface area contributed by atoms with Crippen LogP contribution in [0.25, 0.3) is 0 Å². The van der Waals surface area contributed by atoms with E-state index in [1.54, 1.807) is 23.2 Å². The smallest absolute Gasteiger partial charge is 0.230 e. The van der Waals surface area contributed by atoms with Crippen molar-refractivity contribution in [3.63, 3.8) is 0 Å². The molecule has 142 valence electrons. The number of halogens is 1. The van der Waals surface area contributed by atoms with Gasteiger partial charge in [0.1, 0.15) is 0 Å². The molecule has 0 aliphatic heterocycles. The molecule has 1 aromatic carbocycles. The van der Waals surface area contributed by atoms with Gasteiger partial charge in [-0.3, -0.25) is 14.6 Å². The topological polar surface area (TPSA) is 36.4 Å². The molecule has 3 aromatic rings. The molecule has 0 saturated heterocycles. The molecule has 3 rings (SSSR count). The van der Waals surface area contributed by atoms with Crippen molar-refractivity contribution in [2.75, 3.05) is 11.9 Å². The van der Waals surface area contributed by atoms with E-state index < -0.39 is 0 Å². The summed E-state index contributed by atoms with van der Waals surface area (Å²) in [4.78, 5) is 22.2. The van der Waals surface area contributed by atoms with Gasteiger partial charge in [-0.1, -0.05) is 36.7 Å². The summed E-state index contributed by atoms with van der Waals surface area (Å²) < 4.78 is 0.807. The predicted molar refractivity (Wildman–Crippen MR) is 115 cm³/mol. The van der Waals surface area contributed by atoms with E-state index in [0.717, 1.165) is 34.2 Å². The fraction of sp³-hybridized carbons (Fsp3) is 0.300. The van der Waals surface area contributed by atoms with E-state index in [4.69, 9.17) is 16.6 Å². The van der Waals surface area contributed by atoms with Crippen LogP contribution in [0.15, 0.2) is 41.8 Å². The molecule has 0 N–H and O–H groups in total. The quantitative estimate of drug-likeness (QED) is 0.490. The third kappa shape index (κ3) is 4.96. The van der Waals surface area contributed by atoms with Gasteiger partial charge in [0.05, 0.1) is 15.7 Å². The summed E-state index contributed by atoms with van der Waals surface area (Å²) in [6.45, 7) is 5.21. The van der Waals surface area contributed by atoms with Gasteiger partial charge in [-0.15, -0.1) is 22.7 Å². The third-order valence-electron chi connectivity index (χ3n) is 4.15. The first-order valence-electron chi connectivity index (χ1n) is 8.73. The van der Waals surface area contributed by atoms with E-state index in [0.29, 0.717) is 11.7 Å². The van der Waals surface area contributed by atoms with Crippen molar-refractivity contribution in [3.8, 4) is 0 Å². The minimum Gasteiger partial charge on any atom is -0.295 e. The van der Waals surface area contributed by atoms with Crippen molar-refractivity contribution in [1.29, 1.82) is 0 Å². The normalized spacial score (nSPS) is 11.1. The minimum absolute atomic E-state index is 0.0293. The average molecular weight is 420 g/mol. The van der Waals surface area contributed by atoms with E-state index in [9.17, 15) is 4.79 Å². The first kappa shape index (κ1) is 20.0. The number of anilines is 2. The fourth-order valence-corrected chi connectivity index (χ4v) is 4.98. The lowest BCUT2D eigenvalue weighted by atomic mass is 10.1. The molecule has 0 fully saturated rings. The molecule has 2 aromatic heterocycles. The highest BCUT2D eigenvalue weighted by Crippen LogP contribution is 2.32. The summed E-state index contributed by atoms with van der Waals surface area (Å²) in [5.74, 6) is -0.0293. The zero-order chi connectivity index (χ0) is 19.4. The molecule has 0 aliphatic carbocycles. The number of carbonyl (C=O) groups excluding carboxylic acids is 1. The van der Waals surface area contributed by atoms with Crippen molar-refractivity contribution in [1.82, 2.24) is 9.88 Å². The van der Waals surface area contributed by atoms with Gasteiger partial charge >= 0.3 is 0 Å². The monoisotopic (exact) mass is 419 g/mol. The molecule has 2 heterocycles. The largest absolute Gasteiger partial charge is 0.295 e. The maximum absolute atomic E-state index is 12.4. The highest BCUT2D eigenvalue weighted by molar-refractivity contribution is 7.16. The van der Waals surface area contributed by atoms with Crippen LogP contribution in [0, 0.1) is 0 Å². The summed E-state index contributed by atoms with van der Waals surface area (Å²) in [6, 6.07) is 12.0. The Balaban J connectivity index is 1.77. The second-order valence-corrected chi connectivity index (χ2v) is 8.97. The molecule has 27 heavy (non-hydrogen) atoms. The summed E-state index contributed by atoms with van der Waals surface area (Å²) in [5, 5.41) is 2.74. The van der Waals surface area contributed by atoms with E-state index in [1.807, 2.05) is 29.6 Å². The Kier molecular flexibility index (Phi) is 6.65. The molecular weight excluding hydrogens is 398 g/mol. The predicted octanol–water partition coefficient (Wildman–Crippen LogP) is 5.74. The van der Waals surface area contributed by atoms with Gasteiger partial charge in [0, 0.05) is 30.3 Å². The average Bonchev–Trinajstić information content (AvgIpc) is 3.24. The number of hydrogen-bond acceptors (Lipinski definition) is 5. The Hall–Kier alpha value is -1.73. The number of thiophene rings is 1. The van der Waals surface area contributed by atoms with Crippen LogP contribution in [-0.4, -0.2) is 22.8 Å². The van der Waals surface area contributed by atoms with Gasteiger partial charge in [0.2, 0.25) is 5.91 Å². The number of carbonyl (C=O) groups is 1. The van der Waals surface area contributed by atoms with Crippen LogP contribution < -0.4 is 4.90 Å². The van der Waals surface area contributed by atoms with Crippen molar-refractivity contribution in [2.45, 2.75) is 33.4 Å². The van der Waals surface area contributed by atoms with Crippen LogP contribution >= 0.6 is 34.3 Å². The van der Waals surface area contributed by atoms with Crippen molar-refractivity contribution < 1.29 is 4.79 Å². The molecule has 0 spiro atoms. The minimum atomic E-state index is -0.0293. The van der Waals surface area contributed by atoms with Crippen LogP contribution in [0.2, 0.25) is 4.34 Å². The zero-order valence-corrected chi connectivity index (χ0v) is 18.0. The van der Waals surface area contributed by atoms with Crippen LogP contribution in [0.3, 0.4) is 0 Å². The number of benzene rings is 1. The summed E-state index contributed by atoms with van der Waals surface area (Å²) in [6.07, 6.45) is 0.865. The second-order valence-electron chi connectivity index (χ2n) is 6.34. The maximum atomic E-state index is 12.4. The molecular formula is C20H22ClN3OS2. The fourth-order valence-electron chi connectivity index (χ4n) is 2.94. The van der Waals surface area contributed by atoms with Gasteiger partial charge in [-0.2, -0.15) is 0 Å². The number of para-hydroxylation sites is 1. The number of hydrogen-bond donors (Lipinski definition) is 0. The Bertz CT molecular complexity index is 921. The van der Waals surface area contributed by atoms with E-state index in [2.05, 4.69) is 31.0 Å². The molecule has 0 aliphatic rings. The Labute approximate surface area is 173 Å². The van der Waals surface area contributed by atoms with E-state index in [1.165, 1.54) is 16.2 Å². The zero-order valence-electron chi connectivity index (χ0n) is 15.6. The van der Waals surface area contributed by atoms with Crippen molar-refractivity contribution >= 4 is 51.0 Å². The second kappa shape index (κ2) is 8.97. The Morgan fingerprint density at radius 1 is 1.19 bits per heavy atom. The van der Waals surface area contributed by atoms with Gasteiger partial charge < -0.3 is 0 Å². The SMILES string of the molecule is CCc1ccccc1N(C(C)=O)c1nc(CN(C)Cc2ccc(Cl)s2)cs1. The highest BCUT2D eigenvalue weighted by atomic mass is 35.5. The lowest BCUT2D eigenvalue weighted by Crippen LogP contribution is -2.24. The Morgan fingerprint density at radius 3 is 2.63 bits per heavy atom. The number of nitrogens with zero attached hydrogens (tertiary/aromatic N) is 3. The molecule has 4 nitrogen and oxygen atoms in total. The molecule has 7 heteroatoms. The third-order valence-corrected chi connectivity index (χ3v) is 6.24. The van der Waals surface area contributed by atoms with E-state index in [-0.39, 0.29) is 5.91 Å². The van der Waals surface area contributed by atoms with Gasteiger partial charge in [0.15, 0.2) is 5.13 Å². The van der Waals surface area contributed by atoms with Crippen LogP contribution in [-0.2, 0) is 24.3 Å². The van der Waals surface area contributed by atoms with Gasteiger partial charge in [0.25, 0.3) is 0 Å². The molecule has 0 bridgehead atoms. The van der Waals surface area contributed by atoms with Gasteiger partial charge in [-0.05, 0) is 37.2 Å². The van der Waals surface area contributed by atoms with Crippen molar-refractivity contribution in [2.24, 2.45) is 0 Å². The van der Waals surface area contributed by atoms with Crippen LogP contribution in [0.1, 0.15) is 30.0 Å². The number of aryl methyl sites for hydroxylation is 1. The standard InChI is InChI=1S/C20H22ClN3OS2/c1-4-15-7-5-6-8-18(15)24(14(2)25)20-22-16(13-26-20)11-23(3)12-17-9-10-19(21)27-17/h5-10,13H,4,11-12H2,1-3H3. The first-order chi connectivity index (χ1) is 13.0. The molecule has 1 amide bonds. The lowest BCUT2D eigenvalue weighted by molar-refractivity contribution is -0.115. The van der Waals surface area contributed by atoms with Crippen LogP contribution in [0.5, 0.6) is 0 Å². The lowest BCUT2D eigenvalue weighted by Gasteiger charge is -2.21. The summed E-state index contributed by atoms with van der Waals surface area (Å²) in [7, 11) is 2.06. The maximum Gasteiger partial charge on any atom is 0.230 e. The van der Waals surface area contributed by atoms with Gasteiger partial charge in [-0.25, -0.2) is 4.98 Å². The molecule has 0 saturated carbocycles. The summed E-state index contributed by atoms with van der Waals surface area (Å²) >= 11 is 9.10. The number of thiazole rings is 1. The van der Waals surface area contributed by atoms with E-state index >= 15 is 0 Å². The molecule has 0 atom stereocenters. The summed E-state index contributed by atoms with van der Waals surface area (Å²) in [5.41, 5.74) is 3.01. The van der Waals surface area contributed by atoms with Crippen molar-refractivity contribution in [3.05, 3.63) is 62.2 Å². The van der Waals surface area contributed by atoms with Crippen LogP contribution in [0.4, 0.5) is 10.8 Å².